The van der Waals surface area contributed by atoms with Gasteiger partial charge < -0.3 is 30.2 Å². The molecule has 0 unspecified atom stereocenters. The third-order valence-electron chi connectivity index (χ3n) is 7.18. The van der Waals surface area contributed by atoms with Crippen molar-refractivity contribution in [1.29, 1.82) is 0 Å². The zero-order valence-electron chi connectivity index (χ0n) is 22.6. The molecule has 2 fully saturated rings. The number of halogens is 1. The molecule has 41 heavy (non-hydrogen) atoms. The topological polar surface area (TPSA) is 185 Å². The van der Waals surface area contributed by atoms with Gasteiger partial charge in [0.1, 0.15) is 0 Å². The number of aromatic nitrogens is 2. The highest BCUT2D eigenvalue weighted by Crippen LogP contribution is 2.39. The van der Waals surface area contributed by atoms with Gasteiger partial charge in [0.05, 0.1) is 25.1 Å². The number of amides is 1. The van der Waals surface area contributed by atoms with Crippen molar-refractivity contribution in [3.05, 3.63) is 45.9 Å². The van der Waals surface area contributed by atoms with Crippen LogP contribution in [0.25, 0.3) is 0 Å². The number of carbonyl (C=O) groups is 4. The predicted molar refractivity (Wildman–Crippen MR) is 149 cm³/mol. The largest absolute Gasteiger partial charge is 0.481 e. The van der Waals surface area contributed by atoms with Crippen molar-refractivity contribution < 1.29 is 39.6 Å². The van der Waals surface area contributed by atoms with E-state index < -0.39 is 36.4 Å². The smallest absolute Gasteiger partial charge is 0.336 e. The zero-order chi connectivity index (χ0) is 30.2. The van der Waals surface area contributed by atoms with Gasteiger partial charge in [-0.1, -0.05) is 28.2 Å². The summed E-state index contributed by atoms with van der Waals surface area (Å²) in [7, 11) is 2.15. The third kappa shape index (κ3) is 9.43. The summed E-state index contributed by atoms with van der Waals surface area (Å²) in [6.07, 6.45) is -1.17. The van der Waals surface area contributed by atoms with Gasteiger partial charge in [0.15, 0.2) is 5.60 Å². The monoisotopic (exact) mass is 611 g/mol. The number of nitrogens with zero attached hydrogens (tertiary/aromatic N) is 5. The van der Waals surface area contributed by atoms with Gasteiger partial charge in [0, 0.05) is 48.4 Å². The van der Waals surface area contributed by atoms with Gasteiger partial charge in [-0.15, -0.1) is 5.10 Å². The third-order valence-corrected chi connectivity index (χ3v) is 7.96. The van der Waals surface area contributed by atoms with Crippen LogP contribution in [0.2, 0.25) is 5.02 Å². The Morgan fingerprint density at radius 3 is 2.17 bits per heavy atom. The summed E-state index contributed by atoms with van der Waals surface area (Å²) < 4.78 is 4.04. The van der Waals surface area contributed by atoms with Gasteiger partial charge in [0.25, 0.3) is 0 Å². The lowest BCUT2D eigenvalue weighted by Gasteiger charge is -2.23. The first-order valence-corrected chi connectivity index (χ1v) is 14.2. The van der Waals surface area contributed by atoms with Crippen molar-refractivity contribution in [3.63, 3.8) is 0 Å². The van der Waals surface area contributed by atoms with Crippen LogP contribution in [0.4, 0.5) is 0 Å². The van der Waals surface area contributed by atoms with Crippen molar-refractivity contribution in [2.24, 2.45) is 0 Å². The maximum Gasteiger partial charge on any atom is 0.336 e. The Bertz CT molecular complexity index is 1180. The number of likely N-dealkylation sites (N-methyl/N-ethyl adjacent to an activating group) is 1. The summed E-state index contributed by atoms with van der Waals surface area (Å²) in [6, 6.07) is 7.98. The second-order valence-corrected chi connectivity index (χ2v) is 11.4. The van der Waals surface area contributed by atoms with Crippen LogP contribution in [-0.2, 0) is 19.2 Å². The molecule has 0 aliphatic carbocycles. The molecule has 2 atom stereocenters. The lowest BCUT2D eigenvalue weighted by atomic mass is 9.87. The fraction of sp³-hybridized carbons (Fsp3) is 0.538. The Balaban J connectivity index is 0.000000302. The molecular formula is C26H34ClN5O8S. The summed E-state index contributed by atoms with van der Waals surface area (Å²) in [6.45, 7) is 5.99. The average Bonchev–Trinajstić information content (AvgIpc) is 3.53. The Morgan fingerprint density at radius 1 is 0.976 bits per heavy atom. The van der Waals surface area contributed by atoms with E-state index in [1.165, 1.54) is 17.1 Å². The lowest BCUT2D eigenvalue weighted by Crippen LogP contribution is -2.42. The second-order valence-electron chi connectivity index (χ2n) is 10.3. The van der Waals surface area contributed by atoms with E-state index >= 15 is 0 Å². The number of carbonyl (C=O) groups excluding carboxylic acids is 1. The van der Waals surface area contributed by atoms with Gasteiger partial charge in [-0.25, -0.2) is 4.79 Å². The molecule has 1 aromatic carbocycles. The number of carboxylic acids is 3. The molecule has 3 heterocycles. The minimum Gasteiger partial charge on any atom is -0.481 e. The second kappa shape index (κ2) is 14.6. The van der Waals surface area contributed by atoms with E-state index in [0.29, 0.717) is 13.1 Å². The van der Waals surface area contributed by atoms with E-state index in [4.69, 9.17) is 32.0 Å². The molecule has 0 saturated carbocycles. The Morgan fingerprint density at radius 2 is 1.61 bits per heavy atom. The first-order chi connectivity index (χ1) is 19.4. The molecule has 0 bridgehead atoms. The number of rotatable bonds is 9. The maximum atomic E-state index is 13.1. The average molecular weight is 612 g/mol. The fourth-order valence-electron chi connectivity index (χ4n) is 4.95. The van der Waals surface area contributed by atoms with Gasteiger partial charge in [0.2, 0.25) is 5.91 Å². The first kappa shape index (κ1) is 32.3. The highest BCUT2D eigenvalue weighted by Gasteiger charge is 2.41. The standard InChI is InChI=1S/C20H26ClN5OS.C6H8O7/c1-24-7-2-8-25(10-9-24)13-20(27)26-11-17(15-3-5-16(21)6-4-15)18(12-26)19-14-28-23-22-19;7-3(8)1-6(13,5(11)12)2-4(9)10/h3-6,14,17-18H,2,7-13H2,1H3;13H,1-2H2,(H,7,8)(H,9,10)(H,11,12)/t17-,18+;/m1./s1. The molecule has 2 aromatic rings. The van der Waals surface area contributed by atoms with E-state index in [-0.39, 0.29) is 17.7 Å². The van der Waals surface area contributed by atoms with Crippen molar-refractivity contribution in [3.8, 4) is 0 Å². The van der Waals surface area contributed by atoms with Crippen LogP contribution in [0.1, 0.15) is 42.4 Å². The Kier molecular flexibility index (Phi) is 11.5. The van der Waals surface area contributed by atoms with Crippen LogP contribution < -0.4 is 0 Å². The highest BCUT2D eigenvalue weighted by molar-refractivity contribution is 7.03. The van der Waals surface area contributed by atoms with Crippen molar-refractivity contribution in [1.82, 2.24) is 24.3 Å². The molecule has 224 valence electrons. The fourth-order valence-corrected chi connectivity index (χ4v) is 5.60. The number of likely N-dealkylation sites (tertiary alicyclic amines) is 1. The van der Waals surface area contributed by atoms with Crippen LogP contribution in [0.15, 0.2) is 29.6 Å². The van der Waals surface area contributed by atoms with E-state index in [9.17, 15) is 19.2 Å². The van der Waals surface area contributed by atoms with Crippen molar-refractivity contribution in [2.75, 3.05) is 52.9 Å². The number of benzene rings is 1. The van der Waals surface area contributed by atoms with Crippen LogP contribution in [0.3, 0.4) is 0 Å². The predicted octanol–water partition coefficient (Wildman–Crippen LogP) is 1.29. The van der Waals surface area contributed by atoms with Gasteiger partial charge in [-0.3, -0.25) is 19.3 Å². The highest BCUT2D eigenvalue weighted by atomic mass is 35.5. The molecule has 1 aromatic heterocycles. The molecule has 2 aliphatic rings. The van der Waals surface area contributed by atoms with Crippen LogP contribution in [0.5, 0.6) is 0 Å². The molecule has 1 amide bonds. The maximum absolute atomic E-state index is 13.1. The summed E-state index contributed by atoms with van der Waals surface area (Å²) in [5.41, 5.74) is -0.553. The van der Waals surface area contributed by atoms with E-state index in [1.807, 2.05) is 22.4 Å². The minimum atomic E-state index is -2.74. The van der Waals surface area contributed by atoms with Crippen LogP contribution >= 0.6 is 23.1 Å². The van der Waals surface area contributed by atoms with Crippen LogP contribution in [0, 0.1) is 0 Å². The Hall–Kier alpha value is -3.17. The van der Waals surface area contributed by atoms with Gasteiger partial charge in [-0.05, 0) is 55.8 Å². The summed E-state index contributed by atoms with van der Waals surface area (Å²) in [4.78, 5) is 50.2. The summed E-state index contributed by atoms with van der Waals surface area (Å²) >= 11 is 7.44. The number of aliphatic hydroxyl groups is 1. The molecule has 2 saturated heterocycles. The van der Waals surface area contributed by atoms with Gasteiger partial charge >= 0.3 is 17.9 Å². The number of aliphatic carboxylic acids is 3. The first-order valence-electron chi connectivity index (χ1n) is 13.0. The quantitative estimate of drug-likeness (QED) is 0.319. The zero-order valence-corrected chi connectivity index (χ0v) is 24.1. The van der Waals surface area contributed by atoms with E-state index in [0.717, 1.165) is 49.9 Å². The SMILES string of the molecule is CN1CCCN(CC(=O)N2C[C@H](c3ccc(Cl)cc3)[C@@H](c3csnn3)C2)CC1.O=C(O)CC(O)(CC(=O)O)C(=O)O. The molecule has 4 N–H and O–H groups in total. The lowest BCUT2D eigenvalue weighted by molar-refractivity contribution is -0.170. The number of hydrogen-bond acceptors (Lipinski definition) is 10. The molecule has 15 heteroatoms. The number of carboxylic acid groups (broad SMARTS) is 3. The van der Waals surface area contributed by atoms with Crippen molar-refractivity contribution >= 4 is 46.9 Å². The molecule has 13 nitrogen and oxygen atoms in total. The van der Waals surface area contributed by atoms with Crippen molar-refractivity contribution in [2.45, 2.75) is 36.7 Å². The normalized spacial score (nSPS) is 20.1. The molecule has 0 spiro atoms. The van der Waals surface area contributed by atoms with Gasteiger partial charge in [-0.2, -0.15) is 0 Å². The molecule has 2 aliphatic heterocycles. The van der Waals surface area contributed by atoms with E-state index in [1.54, 1.807) is 0 Å². The summed E-state index contributed by atoms with van der Waals surface area (Å²) in [5.74, 6) is -4.40. The molecule has 4 rings (SSSR count). The summed E-state index contributed by atoms with van der Waals surface area (Å²) in [5, 5.41) is 40.9. The number of hydrogen-bond donors (Lipinski definition) is 4. The minimum absolute atomic E-state index is 0.180. The van der Waals surface area contributed by atoms with Crippen LogP contribution in [-0.4, -0.2) is 127 Å². The Labute approximate surface area is 246 Å². The van der Waals surface area contributed by atoms with E-state index in [2.05, 4.69) is 38.6 Å². The molecule has 0 radical (unpaired) electrons. The molecular weight excluding hydrogens is 578 g/mol.